The quantitative estimate of drug-likeness (QED) is 0.221. The number of hydrogen-bond acceptors (Lipinski definition) is 4. The predicted octanol–water partition coefficient (Wildman–Crippen LogP) is 9.92. The van der Waals surface area contributed by atoms with E-state index < -0.39 is 5.60 Å². The van der Waals surface area contributed by atoms with Gasteiger partial charge in [0.1, 0.15) is 5.60 Å². The minimum absolute atomic E-state index is 0.167. The molecule has 0 aromatic heterocycles. The highest BCUT2D eigenvalue weighted by atomic mass is 16.6. The molecule has 2 N–H and O–H groups in total. The standard InChI is InChI=1S/C22H29NO2.C17H21N.C3H8O/c1-16(19-11-7-9-18-8-5-6-10-20(18)19)14-17-12-13-23(15-17)21(24)25-22(2,3)4;1-13(11-14-9-10-18-12-14)16-8-4-6-15-5-2-3-7-17(15)16;1-3(2)4/h5-11,16-17H,12-15H2,1-4H3;2-8,13-14,18H,9-12H2,1H3;3-4H,1-2H3/t16-,17+;13-,14+;/m00./s1. The predicted molar refractivity (Wildman–Crippen MR) is 198 cm³/mol. The largest absolute Gasteiger partial charge is 0.444 e. The number of hydrogen-bond donors (Lipinski definition) is 2. The molecule has 2 heterocycles. The van der Waals surface area contributed by atoms with E-state index in [4.69, 9.17) is 9.84 Å². The average molecular weight is 639 g/mol. The van der Waals surface area contributed by atoms with Crippen molar-refractivity contribution in [1.82, 2.24) is 10.2 Å². The van der Waals surface area contributed by atoms with E-state index in [2.05, 4.69) is 104 Å². The summed E-state index contributed by atoms with van der Waals surface area (Å²) in [5.41, 5.74) is 2.50. The summed E-state index contributed by atoms with van der Waals surface area (Å²) in [4.78, 5) is 14.1. The molecular formula is C42H58N2O3. The molecule has 254 valence electrons. The molecule has 5 heteroatoms. The van der Waals surface area contributed by atoms with Crippen LogP contribution >= 0.6 is 0 Å². The maximum absolute atomic E-state index is 12.2. The molecule has 2 saturated heterocycles. The second kappa shape index (κ2) is 17.1. The molecule has 0 saturated carbocycles. The van der Waals surface area contributed by atoms with E-state index in [1.54, 1.807) is 13.8 Å². The molecule has 0 radical (unpaired) electrons. The topological polar surface area (TPSA) is 61.8 Å². The Morgan fingerprint density at radius 1 is 0.787 bits per heavy atom. The van der Waals surface area contributed by atoms with Crippen molar-refractivity contribution >= 4 is 27.6 Å². The third-order valence-corrected chi connectivity index (χ3v) is 9.18. The molecule has 4 aromatic rings. The van der Waals surface area contributed by atoms with E-state index in [-0.39, 0.29) is 12.2 Å². The Morgan fingerprint density at radius 3 is 1.77 bits per heavy atom. The van der Waals surface area contributed by atoms with Crippen molar-refractivity contribution in [3.05, 3.63) is 96.1 Å². The molecule has 2 aliphatic rings. The minimum Gasteiger partial charge on any atom is -0.444 e. The molecule has 0 spiro atoms. The smallest absolute Gasteiger partial charge is 0.410 e. The van der Waals surface area contributed by atoms with Crippen molar-refractivity contribution in [2.75, 3.05) is 26.2 Å². The zero-order valence-electron chi connectivity index (χ0n) is 29.8. The van der Waals surface area contributed by atoms with Gasteiger partial charge >= 0.3 is 6.09 Å². The lowest BCUT2D eigenvalue weighted by molar-refractivity contribution is 0.0287. The summed E-state index contributed by atoms with van der Waals surface area (Å²) < 4.78 is 5.50. The van der Waals surface area contributed by atoms with Crippen molar-refractivity contribution in [3.63, 3.8) is 0 Å². The lowest BCUT2D eigenvalue weighted by Gasteiger charge is -2.25. The zero-order chi connectivity index (χ0) is 34.0. The lowest BCUT2D eigenvalue weighted by Crippen LogP contribution is -2.35. The molecular weight excluding hydrogens is 580 g/mol. The molecule has 47 heavy (non-hydrogen) atoms. The van der Waals surface area contributed by atoms with E-state index in [1.807, 2.05) is 25.7 Å². The minimum atomic E-state index is -0.425. The first-order valence-electron chi connectivity index (χ1n) is 17.7. The van der Waals surface area contributed by atoms with Crippen LogP contribution in [0.4, 0.5) is 4.79 Å². The van der Waals surface area contributed by atoms with Gasteiger partial charge in [0, 0.05) is 19.2 Å². The van der Waals surface area contributed by atoms with Crippen molar-refractivity contribution in [2.24, 2.45) is 11.8 Å². The van der Waals surface area contributed by atoms with Gasteiger partial charge < -0.3 is 20.1 Å². The first-order chi connectivity index (χ1) is 22.4. The van der Waals surface area contributed by atoms with Gasteiger partial charge in [-0.05, 0) is 130 Å². The van der Waals surface area contributed by atoms with Crippen LogP contribution in [0.25, 0.3) is 21.5 Å². The Labute approximate surface area is 283 Å². The van der Waals surface area contributed by atoms with Gasteiger partial charge in [0.2, 0.25) is 0 Å². The zero-order valence-corrected chi connectivity index (χ0v) is 29.8. The highest BCUT2D eigenvalue weighted by Crippen LogP contribution is 2.34. The molecule has 0 unspecified atom stereocenters. The van der Waals surface area contributed by atoms with E-state index in [0.717, 1.165) is 31.8 Å². The summed E-state index contributed by atoms with van der Waals surface area (Å²) in [6.45, 7) is 17.9. The first kappa shape index (κ1) is 36.4. The number of fused-ring (bicyclic) bond motifs is 2. The number of aliphatic hydroxyl groups excluding tert-OH is 1. The Morgan fingerprint density at radius 2 is 1.28 bits per heavy atom. The Hall–Kier alpha value is -3.41. The van der Waals surface area contributed by atoms with Gasteiger partial charge in [-0.1, -0.05) is 98.8 Å². The number of ether oxygens (including phenoxy) is 1. The van der Waals surface area contributed by atoms with Crippen LogP contribution in [0.1, 0.15) is 97.1 Å². The Bertz CT molecular complexity index is 1540. The second-order valence-corrected chi connectivity index (χ2v) is 14.9. The fourth-order valence-corrected chi connectivity index (χ4v) is 7.05. The Kier molecular flexibility index (Phi) is 13.3. The Balaban J connectivity index is 0.000000199. The van der Waals surface area contributed by atoms with Gasteiger partial charge in [0.05, 0.1) is 0 Å². The molecule has 2 aliphatic heterocycles. The van der Waals surface area contributed by atoms with Crippen molar-refractivity contribution in [2.45, 2.75) is 97.7 Å². The van der Waals surface area contributed by atoms with Crippen LogP contribution in [0.5, 0.6) is 0 Å². The summed E-state index contributed by atoms with van der Waals surface area (Å²) in [5.74, 6) is 2.54. The van der Waals surface area contributed by atoms with Gasteiger partial charge in [0.15, 0.2) is 0 Å². The van der Waals surface area contributed by atoms with Crippen molar-refractivity contribution < 1.29 is 14.6 Å². The number of benzene rings is 4. The van der Waals surface area contributed by atoms with Gasteiger partial charge in [-0.2, -0.15) is 0 Å². The number of rotatable bonds is 6. The van der Waals surface area contributed by atoms with E-state index in [1.165, 1.54) is 58.6 Å². The number of nitrogens with zero attached hydrogens (tertiary/aromatic N) is 1. The summed E-state index contributed by atoms with van der Waals surface area (Å²) >= 11 is 0. The number of likely N-dealkylation sites (tertiary alicyclic amines) is 1. The second-order valence-electron chi connectivity index (χ2n) is 14.9. The molecule has 5 nitrogen and oxygen atoms in total. The monoisotopic (exact) mass is 638 g/mol. The van der Waals surface area contributed by atoms with Gasteiger partial charge in [-0.25, -0.2) is 4.79 Å². The van der Waals surface area contributed by atoms with Crippen LogP contribution in [-0.2, 0) is 4.74 Å². The number of carbonyl (C=O) groups is 1. The normalized spacial score (nSPS) is 19.1. The molecule has 4 atom stereocenters. The molecule has 0 bridgehead atoms. The summed E-state index contributed by atoms with van der Waals surface area (Å²) in [7, 11) is 0. The third kappa shape index (κ3) is 11.1. The van der Waals surface area contributed by atoms with Crippen LogP contribution in [-0.4, -0.2) is 54.0 Å². The van der Waals surface area contributed by atoms with Gasteiger partial charge in [0.25, 0.3) is 0 Å². The fraction of sp³-hybridized carbons (Fsp3) is 0.500. The number of amides is 1. The van der Waals surface area contributed by atoms with Crippen LogP contribution in [0.2, 0.25) is 0 Å². The molecule has 1 amide bonds. The lowest BCUT2D eigenvalue weighted by atomic mass is 9.87. The van der Waals surface area contributed by atoms with Crippen LogP contribution in [0.3, 0.4) is 0 Å². The SMILES string of the molecule is CC(C)O.C[C@@H](C[C@H]1CCN(C(=O)OC(C)(C)C)C1)c1cccc2ccccc12.C[C@@H](C[C@H]1CCNC1)c1cccc2ccccc12. The average Bonchev–Trinajstić information content (AvgIpc) is 3.72. The summed E-state index contributed by atoms with van der Waals surface area (Å²) in [5, 5.41) is 17.0. The van der Waals surface area contributed by atoms with E-state index in [9.17, 15) is 4.79 Å². The van der Waals surface area contributed by atoms with Crippen molar-refractivity contribution in [1.29, 1.82) is 0 Å². The molecule has 2 fully saturated rings. The van der Waals surface area contributed by atoms with Gasteiger partial charge in [-0.15, -0.1) is 0 Å². The van der Waals surface area contributed by atoms with Crippen LogP contribution < -0.4 is 5.32 Å². The molecule has 4 aromatic carbocycles. The third-order valence-electron chi connectivity index (χ3n) is 9.18. The molecule has 0 aliphatic carbocycles. The fourth-order valence-electron chi connectivity index (χ4n) is 7.05. The van der Waals surface area contributed by atoms with E-state index >= 15 is 0 Å². The van der Waals surface area contributed by atoms with E-state index in [0.29, 0.717) is 17.8 Å². The maximum atomic E-state index is 12.2. The van der Waals surface area contributed by atoms with Crippen LogP contribution in [0, 0.1) is 11.8 Å². The summed E-state index contributed by atoms with van der Waals surface area (Å²) in [6.07, 6.45) is 4.48. The number of carbonyl (C=O) groups excluding carboxylic acids is 1. The maximum Gasteiger partial charge on any atom is 0.410 e. The first-order valence-corrected chi connectivity index (χ1v) is 17.7. The van der Waals surface area contributed by atoms with Crippen LogP contribution in [0.15, 0.2) is 84.9 Å². The summed E-state index contributed by atoms with van der Waals surface area (Å²) in [6, 6.07) is 30.6. The van der Waals surface area contributed by atoms with Crippen molar-refractivity contribution in [3.8, 4) is 0 Å². The number of nitrogens with one attached hydrogen (secondary N) is 1. The highest BCUT2D eigenvalue weighted by Gasteiger charge is 2.30. The van der Waals surface area contributed by atoms with Gasteiger partial charge in [-0.3, -0.25) is 0 Å². The highest BCUT2D eigenvalue weighted by molar-refractivity contribution is 5.86. The molecule has 6 rings (SSSR count). The number of aliphatic hydroxyl groups is 1.